The standard InChI is InChI=1S/C16H27N5/c1-12(17-13-8-11-20-9-5-6-14(13)20)16-19-18-15-7-3-2-4-10-21(15)16/h12-14,17H,2-11H2,1H3. The highest BCUT2D eigenvalue weighted by Gasteiger charge is 2.38. The van der Waals surface area contributed by atoms with Gasteiger partial charge in [-0.2, -0.15) is 0 Å². The lowest BCUT2D eigenvalue weighted by Gasteiger charge is -2.25. The van der Waals surface area contributed by atoms with Gasteiger partial charge in [0.2, 0.25) is 0 Å². The van der Waals surface area contributed by atoms with Gasteiger partial charge in [-0.1, -0.05) is 6.42 Å². The first kappa shape index (κ1) is 13.7. The number of rotatable bonds is 3. The Kier molecular flexibility index (Phi) is 3.71. The van der Waals surface area contributed by atoms with Crippen LogP contribution in [0.2, 0.25) is 0 Å². The molecule has 0 spiro atoms. The lowest BCUT2D eigenvalue weighted by atomic mass is 10.1. The number of nitrogens with zero attached hydrogens (tertiary/aromatic N) is 4. The molecule has 4 rings (SSSR count). The van der Waals surface area contributed by atoms with Crippen molar-refractivity contribution < 1.29 is 0 Å². The molecule has 0 aliphatic carbocycles. The van der Waals surface area contributed by atoms with Gasteiger partial charge in [0.15, 0.2) is 0 Å². The fourth-order valence-corrected chi connectivity index (χ4v) is 4.50. The molecule has 5 nitrogen and oxygen atoms in total. The lowest BCUT2D eigenvalue weighted by molar-refractivity contribution is 0.288. The molecule has 2 fully saturated rings. The fraction of sp³-hybridized carbons (Fsp3) is 0.875. The summed E-state index contributed by atoms with van der Waals surface area (Å²) in [7, 11) is 0. The lowest BCUT2D eigenvalue weighted by Crippen LogP contribution is -2.41. The minimum atomic E-state index is 0.315. The molecule has 0 amide bonds. The molecule has 5 heteroatoms. The van der Waals surface area contributed by atoms with Crippen molar-refractivity contribution in [2.24, 2.45) is 0 Å². The van der Waals surface area contributed by atoms with Crippen LogP contribution in [0.25, 0.3) is 0 Å². The molecule has 4 heterocycles. The molecule has 0 bridgehead atoms. The third-order valence-electron chi connectivity index (χ3n) is 5.60. The van der Waals surface area contributed by atoms with Crippen LogP contribution in [0.1, 0.15) is 63.1 Å². The Morgan fingerprint density at radius 2 is 2.00 bits per heavy atom. The Hall–Kier alpha value is -0.940. The van der Waals surface area contributed by atoms with Gasteiger partial charge in [0.1, 0.15) is 11.6 Å². The first-order valence-corrected chi connectivity index (χ1v) is 8.75. The summed E-state index contributed by atoms with van der Waals surface area (Å²) in [5, 5.41) is 12.8. The van der Waals surface area contributed by atoms with Gasteiger partial charge < -0.3 is 9.88 Å². The van der Waals surface area contributed by atoms with Crippen molar-refractivity contribution in [2.45, 2.75) is 76.5 Å². The van der Waals surface area contributed by atoms with Crippen LogP contribution < -0.4 is 5.32 Å². The second-order valence-electron chi connectivity index (χ2n) is 6.97. The Morgan fingerprint density at radius 3 is 2.95 bits per heavy atom. The van der Waals surface area contributed by atoms with E-state index in [1.165, 1.54) is 57.4 Å². The second kappa shape index (κ2) is 5.69. The quantitative estimate of drug-likeness (QED) is 0.923. The highest BCUT2D eigenvalue weighted by molar-refractivity contribution is 5.04. The molecule has 21 heavy (non-hydrogen) atoms. The van der Waals surface area contributed by atoms with Crippen molar-refractivity contribution in [3.05, 3.63) is 11.6 Å². The number of hydrogen-bond acceptors (Lipinski definition) is 4. The van der Waals surface area contributed by atoms with Crippen LogP contribution >= 0.6 is 0 Å². The Morgan fingerprint density at radius 1 is 1.05 bits per heavy atom. The number of aromatic nitrogens is 3. The normalized spacial score (nSPS) is 30.9. The molecule has 0 aromatic carbocycles. The molecule has 2 saturated heterocycles. The molecule has 0 radical (unpaired) electrons. The number of fused-ring (bicyclic) bond motifs is 2. The predicted octanol–water partition coefficient (Wildman–Crippen LogP) is 1.89. The topological polar surface area (TPSA) is 46.0 Å². The van der Waals surface area contributed by atoms with Crippen molar-refractivity contribution in [2.75, 3.05) is 13.1 Å². The van der Waals surface area contributed by atoms with Gasteiger partial charge in [-0.05, 0) is 45.6 Å². The van der Waals surface area contributed by atoms with Crippen molar-refractivity contribution in [3.8, 4) is 0 Å². The van der Waals surface area contributed by atoms with E-state index in [9.17, 15) is 0 Å². The third kappa shape index (κ3) is 2.50. The van der Waals surface area contributed by atoms with E-state index in [4.69, 9.17) is 0 Å². The largest absolute Gasteiger partial charge is 0.314 e. The maximum Gasteiger partial charge on any atom is 0.149 e. The summed E-state index contributed by atoms with van der Waals surface area (Å²) in [6.45, 7) is 5.94. The fourth-order valence-electron chi connectivity index (χ4n) is 4.50. The summed E-state index contributed by atoms with van der Waals surface area (Å²) in [5.74, 6) is 2.36. The van der Waals surface area contributed by atoms with Gasteiger partial charge in [-0.15, -0.1) is 10.2 Å². The Labute approximate surface area is 127 Å². The van der Waals surface area contributed by atoms with Gasteiger partial charge in [-0.3, -0.25) is 4.90 Å². The second-order valence-corrected chi connectivity index (χ2v) is 6.97. The van der Waals surface area contributed by atoms with Crippen LogP contribution in [-0.2, 0) is 13.0 Å². The van der Waals surface area contributed by atoms with Gasteiger partial charge in [0.25, 0.3) is 0 Å². The Bertz CT molecular complexity index is 497. The molecule has 1 N–H and O–H groups in total. The number of aryl methyl sites for hydroxylation is 1. The van der Waals surface area contributed by atoms with E-state index in [1.54, 1.807) is 0 Å². The molecule has 1 aromatic rings. The molecule has 0 saturated carbocycles. The highest BCUT2D eigenvalue weighted by Crippen LogP contribution is 2.29. The van der Waals surface area contributed by atoms with E-state index in [0.717, 1.165) is 24.8 Å². The molecule has 116 valence electrons. The molecule has 3 aliphatic heterocycles. The predicted molar refractivity (Wildman–Crippen MR) is 82.1 cm³/mol. The maximum atomic E-state index is 4.50. The van der Waals surface area contributed by atoms with Gasteiger partial charge in [0.05, 0.1) is 6.04 Å². The molecular formula is C16H27N5. The molecule has 3 aliphatic rings. The molecular weight excluding hydrogens is 262 g/mol. The van der Waals surface area contributed by atoms with Crippen LogP contribution in [0.15, 0.2) is 0 Å². The van der Waals surface area contributed by atoms with Crippen molar-refractivity contribution in [1.82, 2.24) is 25.0 Å². The summed E-state index contributed by atoms with van der Waals surface area (Å²) >= 11 is 0. The summed E-state index contributed by atoms with van der Waals surface area (Å²) in [5.41, 5.74) is 0. The van der Waals surface area contributed by atoms with E-state index >= 15 is 0 Å². The van der Waals surface area contributed by atoms with Crippen LogP contribution in [0.3, 0.4) is 0 Å². The Balaban J connectivity index is 1.48. The highest BCUT2D eigenvalue weighted by atomic mass is 15.3. The number of nitrogens with one attached hydrogen (secondary N) is 1. The van der Waals surface area contributed by atoms with Crippen molar-refractivity contribution in [3.63, 3.8) is 0 Å². The smallest absolute Gasteiger partial charge is 0.149 e. The van der Waals surface area contributed by atoms with Gasteiger partial charge in [-0.25, -0.2) is 0 Å². The minimum Gasteiger partial charge on any atom is -0.314 e. The van der Waals surface area contributed by atoms with Crippen molar-refractivity contribution >= 4 is 0 Å². The van der Waals surface area contributed by atoms with E-state index in [1.807, 2.05) is 0 Å². The first-order chi connectivity index (χ1) is 10.3. The summed E-state index contributed by atoms with van der Waals surface area (Å²) < 4.78 is 2.38. The van der Waals surface area contributed by atoms with E-state index < -0.39 is 0 Å². The summed E-state index contributed by atoms with van der Waals surface area (Å²) in [6, 6.07) is 1.72. The average molecular weight is 289 g/mol. The van der Waals surface area contributed by atoms with Crippen LogP contribution in [-0.4, -0.2) is 44.8 Å². The maximum absolute atomic E-state index is 4.50. The van der Waals surface area contributed by atoms with Gasteiger partial charge >= 0.3 is 0 Å². The van der Waals surface area contributed by atoms with Crippen LogP contribution in [0.5, 0.6) is 0 Å². The minimum absolute atomic E-state index is 0.315. The van der Waals surface area contributed by atoms with Crippen LogP contribution in [0, 0.1) is 0 Å². The molecule has 3 atom stereocenters. The number of hydrogen-bond donors (Lipinski definition) is 1. The molecule has 3 unspecified atom stereocenters. The summed E-state index contributed by atoms with van der Waals surface area (Å²) in [6.07, 6.45) is 8.98. The van der Waals surface area contributed by atoms with Gasteiger partial charge in [0, 0.05) is 31.6 Å². The summed E-state index contributed by atoms with van der Waals surface area (Å²) in [4.78, 5) is 2.66. The first-order valence-electron chi connectivity index (χ1n) is 8.75. The van der Waals surface area contributed by atoms with Crippen LogP contribution in [0.4, 0.5) is 0 Å². The van der Waals surface area contributed by atoms with E-state index in [0.29, 0.717) is 12.1 Å². The van der Waals surface area contributed by atoms with Crippen molar-refractivity contribution in [1.29, 1.82) is 0 Å². The van der Waals surface area contributed by atoms with E-state index in [-0.39, 0.29) is 0 Å². The third-order valence-corrected chi connectivity index (χ3v) is 5.60. The molecule has 1 aromatic heterocycles. The monoisotopic (exact) mass is 289 g/mol. The van der Waals surface area contributed by atoms with E-state index in [2.05, 4.69) is 31.9 Å². The average Bonchev–Trinajstić information content (AvgIpc) is 3.14. The zero-order valence-electron chi connectivity index (χ0n) is 13.1. The zero-order chi connectivity index (χ0) is 14.2. The zero-order valence-corrected chi connectivity index (χ0v) is 13.1. The SMILES string of the molecule is CC(NC1CCN2CCCC12)c1nnc2n1CCCCC2.